The van der Waals surface area contributed by atoms with Crippen LogP contribution in [0.2, 0.25) is 0 Å². The standard InChI is InChI=1S/C11H12ClFO7S2/c1-5-8(4-21(12,16)17)6(2)10(20-22(13,18)19)7(3)9(5)11(14)15/h4H2,1-3H3,(H,14,15). The third-order valence-corrected chi connectivity index (χ3v) is 4.38. The van der Waals surface area contributed by atoms with Gasteiger partial charge in [-0.3, -0.25) is 0 Å². The van der Waals surface area contributed by atoms with Crippen LogP contribution in [-0.2, 0) is 25.3 Å². The molecule has 0 aliphatic carbocycles. The van der Waals surface area contributed by atoms with Crippen LogP contribution in [0, 0.1) is 20.8 Å². The smallest absolute Gasteiger partial charge is 0.478 e. The SMILES string of the molecule is Cc1c(CS(=O)(=O)Cl)c(C)c(C(=O)O)c(C)c1OS(=O)(=O)F. The summed E-state index contributed by atoms with van der Waals surface area (Å²) in [5, 5.41) is 9.20. The number of benzene rings is 1. The minimum Gasteiger partial charge on any atom is -0.478 e. The molecule has 1 aromatic carbocycles. The minimum absolute atomic E-state index is 0.0227. The highest BCUT2D eigenvalue weighted by Gasteiger charge is 2.27. The minimum atomic E-state index is -5.41. The molecule has 0 fully saturated rings. The van der Waals surface area contributed by atoms with E-state index in [2.05, 4.69) is 4.18 Å². The maximum Gasteiger partial charge on any atom is 0.488 e. The number of aromatic carboxylic acids is 1. The highest BCUT2D eigenvalue weighted by molar-refractivity contribution is 8.13. The van der Waals surface area contributed by atoms with Gasteiger partial charge in [0.1, 0.15) is 0 Å². The Morgan fingerprint density at radius 3 is 2.00 bits per heavy atom. The molecule has 1 N–H and O–H groups in total. The number of hydrogen-bond donors (Lipinski definition) is 1. The molecule has 1 rings (SSSR count). The van der Waals surface area contributed by atoms with Crippen LogP contribution in [0.4, 0.5) is 3.89 Å². The maximum atomic E-state index is 12.8. The van der Waals surface area contributed by atoms with E-state index in [1.807, 2.05) is 0 Å². The molecule has 0 aliphatic heterocycles. The van der Waals surface area contributed by atoms with Crippen LogP contribution in [0.5, 0.6) is 5.75 Å². The first-order valence-electron chi connectivity index (χ1n) is 5.67. The molecule has 0 bridgehead atoms. The lowest BCUT2D eigenvalue weighted by molar-refractivity contribution is 0.0694. The number of rotatable bonds is 5. The Hall–Kier alpha value is -1.39. The van der Waals surface area contributed by atoms with Gasteiger partial charge in [0.15, 0.2) is 5.75 Å². The Bertz CT molecular complexity index is 783. The summed E-state index contributed by atoms with van der Waals surface area (Å²) in [5.41, 5.74) is -0.517. The molecule has 0 radical (unpaired) electrons. The van der Waals surface area contributed by atoms with Gasteiger partial charge in [0, 0.05) is 16.2 Å². The molecule has 0 amide bonds. The summed E-state index contributed by atoms with van der Waals surface area (Å²) >= 11 is 0. The average molecular weight is 375 g/mol. The van der Waals surface area contributed by atoms with Crippen molar-refractivity contribution in [3.05, 3.63) is 27.8 Å². The molecule has 124 valence electrons. The fraction of sp³-hybridized carbons (Fsp3) is 0.364. The molecule has 0 unspecified atom stereocenters. The predicted molar refractivity (Wildman–Crippen MR) is 76.7 cm³/mol. The van der Waals surface area contributed by atoms with Crippen LogP contribution < -0.4 is 4.18 Å². The summed E-state index contributed by atoms with van der Waals surface area (Å²) in [4.78, 5) is 11.3. The number of carboxylic acid groups (broad SMARTS) is 1. The third-order valence-electron chi connectivity index (χ3n) is 3.05. The van der Waals surface area contributed by atoms with Gasteiger partial charge in [-0.05, 0) is 37.5 Å². The fourth-order valence-electron chi connectivity index (χ4n) is 2.18. The highest BCUT2D eigenvalue weighted by atomic mass is 35.7. The van der Waals surface area contributed by atoms with Gasteiger partial charge in [-0.1, -0.05) is 3.89 Å². The summed E-state index contributed by atoms with van der Waals surface area (Å²) in [6, 6.07) is 0. The molecule has 0 aromatic heterocycles. The largest absolute Gasteiger partial charge is 0.488 e. The van der Waals surface area contributed by atoms with Crippen molar-refractivity contribution in [2.45, 2.75) is 26.5 Å². The summed E-state index contributed by atoms with van der Waals surface area (Å²) in [7, 11) is -4.31. The van der Waals surface area contributed by atoms with Crippen LogP contribution in [0.15, 0.2) is 0 Å². The Kier molecular flexibility index (Phi) is 5.10. The van der Waals surface area contributed by atoms with Gasteiger partial charge in [0.05, 0.1) is 11.3 Å². The van der Waals surface area contributed by atoms with E-state index in [4.69, 9.17) is 10.7 Å². The molecule has 22 heavy (non-hydrogen) atoms. The number of halogens is 2. The van der Waals surface area contributed by atoms with Crippen molar-refractivity contribution in [1.29, 1.82) is 0 Å². The third kappa shape index (κ3) is 4.31. The molecule has 11 heteroatoms. The molecule has 1 aromatic rings. The zero-order valence-electron chi connectivity index (χ0n) is 11.7. The normalized spacial score (nSPS) is 12.2. The van der Waals surface area contributed by atoms with E-state index in [0.29, 0.717) is 0 Å². The van der Waals surface area contributed by atoms with Crippen molar-refractivity contribution in [2.75, 3.05) is 0 Å². The van der Waals surface area contributed by atoms with Crippen molar-refractivity contribution in [3.63, 3.8) is 0 Å². The van der Waals surface area contributed by atoms with E-state index in [-0.39, 0.29) is 27.8 Å². The van der Waals surface area contributed by atoms with Crippen molar-refractivity contribution in [1.82, 2.24) is 0 Å². The maximum absolute atomic E-state index is 12.8. The Morgan fingerprint density at radius 1 is 1.14 bits per heavy atom. The average Bonchev–Trinajstić information content (AvgIpc) is 2.27. The molecular weight excluding hydrogens is 363 g/mol. The second-order valence-electron chi connectivity index (χ2n) is 4.52. The van der Waals surface area contributed by atoms with E-state index in [9.17, 15) is 30.6 Å². The molecular formula is C11H12ClFO7S2. The number of hydrogen-bond acceptors (Lipinski definition) is 6. The van der Waals surface area contributed by atoms with Gasteiger partial charge < -0.3 is 9.29 Å². The van der Waals surface area contributed by atoms with Crippen LogP contribution >= 0.6 is 10.7 Å². The molecule has 7 nitrogen and oxygen atoms in total. The summed E-state index contributed by atoms with van der Waals surface area (Å²) < 4.78 is 60.8. The van der Waals surface area contributed by atoms with Crippen molar-refractivity contribution >= 4 is 36.2 Å². The van der Waals surface area contributed by atoms with E-state index < -0.39 is 37.0 Å². The first-order valence-corrected chi connectivity index (χ1v) is 9.45. The van der Waals surface area contributed by atoms with Crippen LogP contribution in [0.3, 0.4) is 0 Å². The zero-order chi connectivity index (χ0) is 17.5. The first kappa shape index (κ1) is 18.7. The van der Waals surface area contributed by atoms with Crippen molar-refractivity contribution in [2.24, 2.45) is 0 Å². The van der Waals surface area contributed by atoms with Crippen LogP contribution in [0.25, 0.3) is 0 Å². The van der Waals surface area contributed by atoms with E-state index in [1.165, 1.54) is 20.8 Å². The van der Waals surface area contributed by atoms with Crippen molar-refractivity contribution in [3.8, 4) is 5.75 Å². The molecule has 0 heterocycles. The Labute approximate surface area is 131 Å². The number of carboxylic acids is 1. The molecule has 0 saturated heterocycles. The highest BCUT2D eigenvalue weighted by Crippen LogP contribution is 2.35. The lowest BCUT2D eigenvalue weighted by Gasteiger charge is -2.18. The van der Waals surface area contributed by atoms with Gasteiger partial charge in [-0.25, -0.2) is 13.2 Å². The first-order chi connectivity index (χ1) is 9.74. The van der Waals surface area contributed by atoms with Gasteiger partial charge >= 0.3 is 16.5 Å². The van der Waals surface area contributed by atoms with E-state index >= 15 is 0 Å². The van der Waals surface area contributed by atoms with Crippen LogP contribution in [0.1, 0.15) is 32.6 Å². The monoisotopic (exact) mass is 374 g/mol. The van der Waals surface area contributed by atoms with E-state index in [1.54, 1.807) is 0 Å². The van der Waals surface area contributed by atoms with Crippen molar-refractivity contribution < 1.29 is 34.8 Å². The lowest BCUT2D eigenvalue weighted by Crippen LogP contribution is -2.14. The van der Waals surface area contributed by atoms with Crippen LogP contribution in [-0.4, -0.2) is 27.9 Å². The summed E-state index contributed by atoms with van der Waals surface area (Å²) in [6.45, 7) is 3.85. The van der Waals surface area contributed by atoms with Gasteiger partial charge in [0.25, 0.3) is 0 Å². The lowest BCUT2D eigenvalue weighted by atomic mass is 9.93. The second kappa shape index (κ2) is 6.01. The Morgan fingerprint density at radius 2 is 1.64 bits per heavy atom. The van der Waals surface area contributed by atoms with Gasteiger partial charge in [0.2, 0.25) is 9.05 Å². The second-order valence-corrected chi connectivity index (χ2v) is 8.25. The quantitative estimate of drug-likeness (QED) is 0.783. The number of carbonyl (C=O) groups is 1. The molecule has 0 spiro atoms. The molecule has 0 atom stereocenters. The topological polar surface area (TPSA) is 115 Å². The summed E-state index contributed by atoms with van der Waals surface area (Å²) in [5.74, 6) is -2.76. The fourth-order valence-corrected chi connectivity index (χ4v) is 3.73. The van der Waals surface area contributed by atoms with Gasteiger partial charge in [-0.15, -0.1) is 0 Å². The van der Waals surface area contributed by atoms with Gasteiger partial charge in [-0.2, -0.15) is 8.42 Å². The summed E-state index contributed by atoms with van der Waals surface area (Å²) in [6.07, 6.45) is 0. The molecule has 0 aliphatic rings. The Balaban J connectivity index is 3.82. The zero-order valence-corrected chi connectivity index (χ0v) is 14.1. The predicted octanol–water partition coefficient (Wildman–Crippen LogP) is 1.97. The van der Waals surface area contributed by atoms with E-state index in [0.717, 1.165) is 0 Å². The molecule has 0 saturated carbocycles.